The normalized spacial score (nSPS) is 11.6. The summed E-state index contributed by atoms with van der Waals surface area (Å²) in [6, 6.07) is 4.93. The van der Waals surface area contributed by atoms with Crippen molar-refractivity contribution in [2.24, 2.45) is 0 Å². The Labute approximate surface area is 108 Å². The fourth-order valence-corrected chi connectivity index (χ4v) is 1.91. The molecule has 0 amide bonds. The zero-order valence-electron chi connectivity index (χ0n) is 9.53. The topological polar surface area (TPSA) is 75.9 Å². The third kappa shape index (κ3) is 2.70. The second kappa shape index (κ2) is 5.38. The molecule has 18 heavy (non-hydrogen) atoms. The Morgan fingerprint density at radius 1 is 1.50 bits per heavy atom. The van der Waals surface area contributed by atoms with E-state index in [1.165, 1.54) is 29.7 Å². The first-order valence-corrected chi connectivity index (χ1v) is 6.05. The van der Waals surface area contributed by atoms with E-state index in [4.69, 9.17) is 10.00 Å². The monoisotopic (exact) mass is 259 g/mol. The van der Waals surface area contributed by atoms with Gasteiger partial charge in [-0.3, -0.25) is 0 Å². The number of hydrogen-bond donors (Lipinski definition) is 0. The molecule has 0 aliphatic heterocycles. The highest BCUT2D eigenvalue weighted by molar-refractivity contribution is 7.09. The summed E-state index contributed by atoms with van der Waals surface area (Å²) in [6.45, 7) is 1.75. The Morgan fingerprint density at radius 2 is 2.33 bits per heavy atom. The average molecular weight is 259 g/mol. The van der Waals surface area contributed by atoms with E-state index < -0.39 is 12.1 Å². The van der Waals surface area contributed by atoms with E-state index in [1.54, 1.807) is 13.1 Å². The van der Waals surface area contributed by atoms with Gasteiger partial charge in [-0.25, -0.2) is 14.8 Å². The summed E-state index contributed by atoms with van der Waals surface area (Å²) in [7, 11) is 0. The second-order valence-electron chi connectivity index (χ2n) is 3.46. The van der Waals surface area contributed by atoms with Gasteiger partial charge in [-0.15, -0.1) is 11.3 Å². The molecule has 0 saturated carbocycles. The fraction of sp³-hybridized carbons (Fsp3) is 0.167. The van der Waals surface area contributed by atoms with Gasteiger partial charge >= 0.3 is 5.97 Å². The van der Waals surface area contributed by atoms with Crippen LogP contribution >= 0.6 is 11.3 Å². The number of thiazole rings is 1. The smallest absolute Gasteiger partial charge is 0.357 e. The molecule has 0 radical (unpaired) electrons. The maximum atomic E-state index is 11.8. The van der Waals surface area contributed by atoms with Gasteiger partial charge in [0.1, 0.15) is 16.8 Å². The highest BCUT2D eigenvalue weighted by atomic mass is 32.1. The second-order valence-corrected chi connectivity index (χ2v) is 4.39. The first kappa shape index (κ1) is 12.2. The SMILES string of the molecule is CC(OC(=O)c1ccc(C#N)cn1)c1nccs1. The van der Waals surface area contributed by atoms with Crippen molar-refractivity contribution in [3.8, 4) is 6.07 Å². The molecule has 0 N–H and O–H groups in total. The molecule has 0 aliphatic carbocycles. The molecule has 0 aliphatic rings. The first-order chi connectivity index (χ1) is 8.70. The third-order valence-corrected chi connectivity index (χ3v) is 3.12. The zero-order valence-corrected chi connectivity index (χ0v) is 10.3. The van der Waals surface area contributed by atoms with Gasteiger partial charge in [-0.2, -0.15) is 5.26 Å². The van der Waals surface area contributed by atoms with E-state index in [9.17, 15) is 4.79 Å². The van der Waals surface area contributed by atoms with Crippen molar-refractivity contribution >= 4 is 17.3 Å². The lowest BCUT2D eigenvalue weighted by molar-refractivity contribution is 0.0330. The molecule has 1 atom stereocenters. The molecular formula is C12H9N3O2S. The van der Waals surface area contributed by atoms with Crippen LogP contribution in [0.3, 0.4) is 0 Å². The molecule has 2 rings (SSSR count). The number of pyridine rings is 1. The van der Waals surface area contributed by atoms with E-state index in [1.807, 2.05) is 11.4 Å². The number of ether oxygens (including phenoxy) is 1. The minimum absolute atomic E-state index is 0.178. The number of carbonyl (C=O) groups excluding carboxylic acids is 1. The Kier molecular flexibility index (Phi) is 3.65. The minimum Gasteiger partial charge on any atom is -0.451 e. The summed E-state index contributed by atoms with van der Waals surface area (Å²) < 4.78 is 5.22. The third-order valence-electron chi connectivity index (χ3n) is 2.18. The first-order valence-electron chi connectivity index (χ1n) is 5.17. The number of aromatic nitrogens is 2. The summed E-state index contributed by atoms with van der Waals surface area (Å²) in [5.74, 6) is -0.526. The standard InChI is InChI=1S/C12H9N3O2S/c1-8(11-14-4-5-18-11)17-12(16)10-3-2-9(6-13)7-15-10/h2-5,7-8H,1H3. The fourth-order valence-electron chi connectivity index (χ4n) is 1.29. The average Bonchev–Trinajstić information content (AvgIpc) is 2.92. The molecule has 5 nitrogen and oxygen atoms in total. The minimum atomic E-state index is -0.526. The number of nitriles is 1. The van der Waals surface area contributed by atoms with E-state index >= 15 is 0 Å². The van der Waals surface area contributed by atoms with Crippen LogP contribution in [0.4, 0.5) is 0 Å². The van der Waals surface area contributed by atoms with Gasteiger partial charge in [0.15, 0.2) is 6.10 Å². The van der Waals surface area contributed by atoms with Crippen LogP contribution in [0.15, 0.2) is 29.9 Å². The molecule has 0 aromatic carbocycles. The van der Waals surface area contributed by atoms with Crippen LogP contribution in [0.5, 0.6) is 0 Å². The number of hydrogen-bond acceptors (Lipinski definition) is 6. The molecule has 1 unspecified atom stereocenters. The number of nitrogens with zero attached hydrogens (tertiary/aromatic N) is 3. The number of rotatable bonds is 3. The molecule has 0 fully saturated rings. The molecule has 6 heteroatoms. The zero-order chi connectivity index (χ0) is 13.0. The van der Waals surface area contributed by atoms with Crippen molar-refractivity contribution in [3.63, 3.8) is 0 Å². The molecule has 0 saturated heterocycles. The molecule has 90 valence electrons. The Balaban J connectivity index is 2.05. The molecule has 2 heterocycles. The Hall–Kier alpha value is -2.26. The Morgan fingerprint density at radius 3 is 2.89 bits per heavy atom. The predicted octanol–water partition coefficient (Wildman–Crippen LogP) is 2.33. The lowest BCUT2D eigenvalue weighted by Crippen LogP contribution is -2.10. The van der Waals surface area contributed by atoms with Crippen LogP contribution in [0, 0.1) is 11.3 Å². The van der Waals surface area contributed by atoms with Gasteiger partial charge in [-0.05, 0) is 19.1 Å². The Bertz CT molecular complexity index is 572. The van der Waals surface area contributed by atoms with Gasteiger partial charge in [0, 0.05) is 17.8 Å². The molecule has 2 aromatic rings. The van der Waals surface area contributed by atoms with Crippen molar-refractivity contribution in [1.82, 2.24) is 9.97 Å². The van der Waals surface area contributed by atoms with Crippen LogP contribution in [-0.2, 0) is 4.74 Å². The maximum absolute atomic E-state index is 11.8. The summed E-state index contributed by atoms with van der Waals surface area (Å²) in [4.78, 5) is 19.7. The molecule has 2 aromatic heterocycles. The largest absolute Gasteiger partial charge is 0.451 e. The van der Waals surface area contributed by atoms with Crippen molar-refractivity contribution in [3.05, 3.63) is 46.2 Å². The van der Waals surface area contributed by atoms with Crippen LogP contribution in [0.1, 0.15) is 34.1 Å². The van der Waals surface area contributed by atoms with E-state index in [-0.39, 0.29) is 5.69 Å². The highest BCUT2D eigenvalue weighted by Crippen LogP contribution is 2.19. The predicted molar refractivity (Wildman–Crippen MR) is 64.9 cm³/mol. The summed E-state index contributed by atoms with van der Waals surface area (Å²) in [5, 5.41) is 11.2. The molecule has 0 spiro atoms. The van der Waals surface area contributed by atoms with Crippen molar-refractivity contribution in [2.45, 2.75) is 13.0 Å². The van der Waals surface area contributed by atoms with Crippen LogP contribution < -0.4 is 0 Å². The van der Waals surface area contributed by atoms with Gasteiger partial charge in [0.25, 0.3) is 0 Å². The van der Waals surface area contributed by atoms with Crippen molar-refractivity contribution in [1.29, 1.82) is 5.26 Å². The van der Waals surface area contributed by atoms with Crippen LogP contribution in [0.25, 0.3) is 0 Å². The van der Waals surface area contributed by atoms with E-state index in [2.05, 4.69) is 9.97 Å². The number of carbonyl (C=O) groups is 1. The van der Waals surface area contributed by atoms with E-state index in [0.29, 0.717) is 5.56 Å². The van der Waals surface area contributed by atoms with Crippen molar-refractivity contribution < 1.29 is 9.53 Å². The quantitative estimate of drug-likeness (QED) is 0.791. The van der Waals surface area contributed by atoms with Gasteiger partial charge in [-0.1, -0.05) is 0 Å². The van der Waals surface area contributed by atoms with Gasteiger partial charge < -0.3 is 4.74 Å². The summed E-state index contributed by atoms with van der Waals surface area (Å²) in [5.41, 5.74) is 0.580. The summed E-state index contributed by atoms with van der Waals surface area (Å²) >= 11 is 1.42. The number of esters is 1. The van der Waals surface area contributed by atoms with Crippen LogP contribution in [-0.4, -0.2) is 15.9 Å². The highest BCUT2D eigenvalue weighted by Gasteiger charge is 2.16. The van der Waals surface area contributed by atoms with Crippen LogP contribution in [0.2, 0.25) is 0 Å². The lowest BCUT2D eigenvalue weighted by Gasteiger charge is -2.09. The molecular weight excluding hydrogens is 250 g/mol. The lowest BCUT2D eigenvalue weighted by atomic mass is 10.3. The van der Waals surface area contributed by atoms with Crippen molar-refractivity contribution in [2.75, 3.05) is 0 Å². The summed E-state index contributed by atoms with van der Waals surface area (Å²) in [6.07, 6.45) is 2.59. The maximum Gasteiger partial charge on any atom is 0.357 e. The molecule has 0 bridgehead atoms. The van der Waals surface area contributed by atoms with Gasteiger partial charge in [0.05, 0.1) is 5.56 Å². The van der Waals surface area contributed by atoms with Gasteiger partial charge in [0.2, 0.25) is 0 Å². The van der Waals surface area contributed by atoms with E-state index in [0.717, 1.165) is 5.01 Å².